The number of anilines is 1. The van der Waals surface area contributed by atoms with Crippen molar-refractivity contribution in [3.05, 3.63) is 29.3 Å². The number of sulfone groups is 1. The van der Waals surface area contributed by atoms with Gasteiger partial charge >= 0.3 is 0 Å². The summed E-state index contributed by atoms with van der Waals surface area (Å²) < 4.78 is 23.8. The van der Waals surface area contributed by atoms with Crippen LogP contribution >= 0.6 is 11.6 Å². The number of halogens is 1. The first-order valence-corrected chi connectivity index (χ1v) is 8.11. The fourth-order valence-corrected chi connectivity index (χ4v) is 2.96. The normalized spacial score (nSPS) is 12.4. The zero-order chi connectivity index (χ0) is 15.2. The number of amides is 1. The quantitative estimate of drug-likeness (QED) is 0.817. The van der Waals surface area contributed by atoms with Crippen LogP contribution in [0.4, 0.5) is 5.69 Å². The smallest absolute Gasteiger partial charge is 0.242 e. The van der Waals surface area contributed by atoms with E-state index < -0.39 is 21.0 Å². The Morgan fingerprint density at radius 2 is 2.10 bits per heavy atom. The number of hydrogen-bond acceptors (Lipinski definition) is 4. The Kier molecular flexibility index (Phi) is 5.99. The molecule has 1 aromatic carbocycles. The Labute approximate surface area is 123 Å². The lowest BCUT2D eigenvalue weighted by Gasteiger charge is -2.13. The Bertz CT molecular complexity index is 623. The van der Waals surface area contributed by atoms with Crippen molar-refractivity contribution in [1.29, 1.82) is 5.26 Å². The van der Waals surface area contributed by atoms with Crippen molar-refractivity contribution in [3.63, 3.8) is 0 Å². The maximum Gasteiger partial charge on any atom is 0.242 e. The molecule has 0 aliphatic carbocycles. The first kappa shape index (κ1) is 16.5. The van der Waals surface area contributed by atoms with Crippen LogP contribution in [0.3, 0.4) is 0 Å². The van der Waals surface area contributed by atoms with Gasteiger partial charge in [-0.15, -0.1) is 0 Å². The topological polar surface area (TPSA) is 87.0 Å². The van der Waals surface area contributed by atoms with Crippen LogP contribution in [0.25, 0.3) is 0 Å². The molecule has 1 amide bonds. The maximum absolute atomic E-state index is 11.9. The number of benzene rings is 1. The molecule has 0 aliphatic heterocycles. The van der Waals surface area contributed by atoms with Gasteiger partial charge in [0.15, 0.2) is 9.84 Å². The fraction of sp³-hybridized carbons (Fsp3) is 0.385. The van der Waals surface area contributed by atoms with Crippen LogP contribution in [0.1, 0.15) is 19.8 Å². The van der Waals surface area contributed by atoms with Crippen LogP contribution in [0.2, 0.25) is 5.02 Å². The van der Waals surface area contributed by atoms with Gasteiger partial charge in [0.05, 0.1) is 22.5 Å². The molecule has 0 fully saturated rings. The van der Waals surface area contributed by atoms with Crippen molar-refractivity contribution in [1.82, 2.24) is 0 Å². The van der Waals surface area contributed by atoms with Crippen LogP contribution in [0, 0.1) is 11.3 Å². The van der Waals surface area contributed by atoms with Gasteiger partial charge in [0, 0.05) is 6.42 Å². The summed E-state index contributed by atoms with van der Waals surface area (Å²) in [5, 5.41) is 10.0. The second-order valence-electron chi connectivity index (χ2n) is 4.24. The zero-order valence-corrected chi connectivity index (χ0v) is 12.5. The number of carbonyl (C=O) groups excluding carboxylic acids is 1. The lowest BCUT2D eigenvalue weighted by molar-refractivity contribution is -0.115. The number of unbranched alkanes of at least 4 members (excludes halogenated alkanes) is 1. The molecule has 1 atom stereocenters. The van der Waals surface area contributed by atoms with Crippen molar-refractivity contribution in [3.8, 4) is 6.07 Å². The second-order valence-corrected chi connectivity index (χ2v) is 7.09. The Hall–Kier alpha value is -1.58. The minimum Gasteiger partial charge on any atom is -0.324 e. The van der Waals surface area contributed by atoms with E-state index in [1.165, 1.54) is 6.92 Å². The van der Waals surface area contributed by atoms with E-state index >= 15 is 0 Å². The highest BCUT2D eigenvalue weighted by atomic mass is 35.5. The zero-order valence-electron chi connectivity index (χ0n) is 11.0. The molecule has 0 saturated carbocycles. The largest absolute Gasteiger partial charge is 0.324 e. The van der Waals surface area contributed by atoms with Gasteiger partial charge in [-0.1, -0.05) is 23.7 Å². The van der Waals surface area contributed by atoms with Crippen molar-refractivity contribution in [2.24, 2.45) is 0 Å². The summed E-state index contributed by atoms with van der Waals surface area (Å²) in [5.41, 5.74) is 0.373. The Balaban J connectivity index is 2.72. The number of nitriles is 1. The molecule has 108 valence electrons. The van der Waals surface area contributed by atoms with Gasteiger partial charge < -0.3 is 5.32 Å². The minimum absolute atomic E-state index is 0.151. The number of rotatable bonds is 6. The molecular formula is C13H15ClN2O3S. The summed E-state index contributed by atoms with van der Waals surface area (Å²) in [5.74, 6) is -0.812. The van der Waals surface area contributed by atoms with Crippen LogP contribution in [-0.4, -0.2) is 25.3 Å². The van der Waals surface area contributed by atoms with E-state index in [-0.39, 0.29) is 18.6 Å². The van der Waals surface area contributed by atoms with Gasteiger partial charge in [-0.2, -0.15) is 5.26 Å². The van der Waals surface area contributed by atoms with E-state index in [0.717, 1.165) is 0 Å². The lowest BCUT2D eigenvalue weighted by Crippen LogP contribution is -2.34. The summed E-state index contributed by atoms with van der Waals surface area (Å²) in [7, 11) is -3.57. The highest BCUT2D eigenvalue weighted by Gasteiger charge is 2.27. The SMILES string of the molecule is CC(C(=O)Nc1ccccc1Cl)S(=O)(=O)CCCC#N. The van der Waals surface area contributed by atoms with E-state index in [0.29, 0.717) is 10.7 Å². The van der Waals surface area contributed by atoms with Crippen LogP contribution < -0.4 is 5.32 Å². The molecular weight excluding hydrogens is 300 g/mol. The van der Waals surface area contributed by atoms with Crippen molar-refractivity contribution < 1.29 is 13.2 Å². The Morgan fingerprint density at radius 1 is 1.45 bits per heavy atom. The van der Waals surface area contributed by atoms with Crippen molar-refractivity contribution in [2.45, 2.75) is 25.0 Å². The van der Waals surface area contributed by atoms with Gasteiger partial charge in [-0.05, 0) is 25.5 Å². The molecule has 1 N–H and O–H groups in total. The molecule has 0 aromatic heterocycles. The van der Waals surface area contributed by atoms with E-state index in [1.54, 1.807) is 24.3 Å². The summed E-state index contributed by atoms with van der Waals surface area (Å²) in [6, 6.07) is 8.46. The average molecular weight is 315 g/mol. The van der Waals surface area contributed by atoms with Gasteiger partial charge in [-0.3, -0.25) is 4.79 Å². The van der Waals surface area contributed by atoms with E-state index in [2.05, 4.69) is 5.32 Å². The lowest BCUT2D eigenvalue weighted by atomic mass is 10.3. The summed E-state index contributed by atoms with van der Waals surface area (Å²) in [4.78, 5) is 11.9. The van der Waals surface area contributed by atoms with E-state index in [9.17, 15) is 13.2 Å². The highest BCUT2D eigenvalue weighted by Crippen LogP contribution is 2.21. The molecule has 0 saturated heterocycles. The molecule has 0 heterocycles. The van der Waals surface area contributed by atoms with Crippen LogP contribution in [0.5, 0.6) is 0 Å². The predicted molar refractivity (Wildman–Crippen MR) is 78.2 cm³/mol. The first-order valence-electron chi connectivity index (χ1n) is 6.02. The minimum atomic E-state index is -3.57. The third-order valence-electron chi connectivity index (χ3n) is 2.76. The number of nitrogens with one attached hydrogen (secondary N) is 1. The van der Waals surface area contributed by atoms with Crippen molar-refractivity contribution >= 4 is 33.0 Å². The second kappa shape index (κ2) is 7.27. The average Bonchev–Trinajstić information content (AvgIpc) is 2.40. The van der Waals surface area contributed by atoms with Crippen LogP contribution in [-0.2, 0) is 14.6 Å². The molecule has 0 aliphatic rings. The number of para-hydroxylation sites is 1. The molecule has 1 aromatic rings. The number of hydrogen-bond donors (Lipinski definition) is 1. The summed E-state index contributed by atoms with van der Waals surface area (Å²) in [6.07, 6.45) is 0.376. The fourth-order valence-electron chi connectivity index (χ4n) is 1.49. The highest BCUT2D eigenvalue weighted by molar-refractivity contribution is 7.92. The monoisotopic (exact) mass is 314 g/mol. The Morgan fingerprint density at radius 3 is 2.70 bits per heavy atom. The van der Waals surface area contributed by atoms with Crippen molar-refractivity contribution in [2.75, 3.05) is 11.1 Å². The third-order valence-corrected chi connectivity index (χ3v) is 5.24. The van der Waals surface area contributed by atoms with Gasteiger partial charge in [0.25, 0.3) is 0 Å². The van der Waals surface area contributed by atoms with Gasteiger partial charge in [-0.25, -0.2) is 8.42 Å². The predicted octanol–water partition coefficient (Wildman–Crippen LogP) is 2.39. The number of nitrogens with zero attached hydrogens (tertiary/aromatic N) is 1. The van der Waals surface area contributed by atoms with E-state index in [1.807, 2.05) is 6.07 Å². The summed E-state index contributed by atoms with van der Waals surface area (Å²) in [6.45, 7) is 1.33. The standard InChI is InChI=1S/C13H15ClN2O3S/c1-10(20(18,19)9-5-4-8-15)13(17)16-12-7-3-2-6-11(12)14/h2-3,6-7,10H,4-5,9H2,1H3,(H,16,17). The first-order chi connectivity index (χ1) is 9.38. The molecule has 0 radical (unpaired) electrons. The molecule has 1 rings (SSSR count). The molecule has 20 heavy (non-hydrogen) atoms. The van der Waals surface area contributed by atoms with E-state index in [4.69, 9.17) is 16.9 Å². The molecule has 5 nitrogen and oxygen atoms in total. The third kappa shape index (κ3) is 4.51. The molecule has 0 spiro atoms. The number of carbonyl (C=O) groups is 1. The molecule has 7 heteroatoms. The van der Waals surface area contributed by atoms with Gasteiger partial charge in [0.2, 0.25) is 5.91 Å². The molecule has 0 bridgehead atoms. The molecule has 1 unspecified atom stereocenters. The van der Waals surface area contributed by atoms with Crippen LogP contribution in [0.15, 0.2) is 24.3 Å². The maximum atomic E-state index is 11.9. The summed E-state index contributed by atoms with van der Waals surface area (Å²) >= 11 is 5.89. The van der Waals surface area contributed by atoms with Gasteiger partial charge in [0.1, 0.15) is 5.25 Å².